The van der Waals surface area contributed by atoms with Crippen molar-refractivity contribution in [3.63, 3.8) is 0 Å². The average molecular weight is 246 g/mol. The van der Waals surface area contributed by atoms with Crippen LogP contribution in [0, 0.1) is 0 Å². The Hall–Kier alpha value is -1.22. The van der Waals surface area contributed by atoms with Crippen molar-refractivity contribution < 1.29 is 0 Å². The van der Waals surface area contributed by atoms with Gasteiger partial charge in [-0.25, -0.2) is 0 Å². The van der Waals surface area contributed by atoms with E-state index in [2.05, 4.69) is 54.7 Å². The van der Waals surface area contributed by atoms with Crippen molar-refractivity contribution in [2.45, 2.75) is 25.3 Å². The highest BCUT2D eigenvalue weighted by atomic mass is 32.2. The standard InChI is InChI=1S/C14H18N2S/c1-10-8-15-14(11(10)2)16-9-12-4-6-13(17-3)7-5-12/h4-7H,8-9H2,1-3H3,(H,15,16). The smallest absolute Gasteiger partial charge is 0.124 e. The first kappa shape index (κ1) is 12.2. The zero-order valence-electron chi connectivity index (χ0n) is 10.6. The van der Waals surface area contributed by atoms with Crippen molar-refractivity contribution in [1.82, 2.24) is 5.32 Å². The van der Waals surface area contributed by atoms with Crippen molar-refractivity contribution in [2.75, 3.05) is 12.8 Å². The summed E-state index contributed by atoms with van der Waals surface area (Å²) in [5.74, 6) is 1.05. The second-order valence-corrected chi connectivity index (χ2v) is 5.15. The van der Waals surface area contributed by atoms with Crippen LogP contribution in [0.5, 0.6) is 0 Å². The third-order valence-electron chi connectivity index (χ3n) is 3.09. The molecule has 1 aliphatic rings. The van der Waals surface area contributed by atoms with Crippen LogP contribution < -0.4 is 5.32 Å². The Bertz CT molecular complexity index is 458. The second kappa shape index (κ2) is 5.41. The van der Waals surface area contributed by atoms with Gasteiger partial charge in [0.1, 0.15) is 5.84 Å². The number of thioether (sulfide) groups is 1. The molecule has 17 heavy (non-hydrogen) atoms. The number of nitrogens with one attached hydrogen (secondary N) is 1. The number of nitrogens with zero attached hydrogens (tertiary/aromatic N) is 1. The minimum Gasteiger partial charge on any atom is -0.366 e. The Balaban J connectivity index is 1.94. The fourth-order valence-electron chi connectivity index (χ4n) is 1.75. The molecule has 1 aromatic rings. The first-order valence-electron chi connectivity index (χ1n) is 5.78. The van der Waals surface area contributed by atoms with E-state index in [1.807, 2.05) is 0 Å². The van der Waals surface area contributed by atoms with Crippen molar-refractivity contribution in [2.24, 2.45) is 4.99 Å². The Labute approximate surface area is 107 Å². The van der Waals surface area contributed by atoms with E-state index >= 15 is 0 Å². The van der Waals surface area contributed by atoms with Crippen molar-refractivity contribution >= 4 is 17.6 Å². The fraction of sp³-hybridized carbons (Fsp3) is 0.357. The highest BCUT2D eigenvalue weighted by Crippen LogP contribution is 2.16. The second-order valence-electron chi connectivity index (χ2n) is 4.27. The van der Waals surface area contributed by atoms with E-state index in [4.69, 9.17) is 0 Å². The lowest BCUT2D eigenvalue weighted by atomic mass is 10.1. The van der Waals surface area contributed by atoms with E-state index in [-0.39, 0.29) is 0 Å². The van der Waals surface area contributed by atoms with Crippen LogP contribution in [0.1, 0.15) is 19.4 Å². The minimum atomic E-state index is 0.845. The predicted octanol–water partition coefficient (Wildman–Crippen LogP) is 3.25. The lowest BCUT2D eigenvalue weighted by molar-refractivity contribution is 0.910. The quantitative estimate of drug-likeness (QED) is 0.828. The van der Waals surface area contributed by atoms with Crippen molar-refractivity contribution in [3.8, 4) is 0 Å². The monoisotopic (exact) mass is 246 g/mol. The third kappa shape index (κ3) is 2.91. The molecular weight excluding hydrogens is 228 g/mol. The first-order chi connectivity index (χ1) is 8.20. The lowest BCUT2D eigenvalue weighted by Crippen LogP contribution is -2.22. The SMILES string of the molecule is CSc1ccc(CNC2=NCC(C)=C2C)cc1. The van der Waals surface area contributed by atoms with Gasteiger partial charge in [-0.05, 0) is 48.9 Å². The number of amidine groups is 1. The van der Waals surface area contributed by atoms with Crippen LogP contribution in [0.25, 0.3) is 0 Å². The molecular formula is C14H18N2S. The number of benzene rings is 1. The molecule has 0 amide bonds. The summed E-state index contributed by atoms with van der Waals surface area (Å²) < 4.78 is 0. The molecule has 0 fully saturated rings. The third-order valence-corrected chi connectivity index (χ3v) is 3.83. The molecule has 0 aliphatic carbocycles. The maximum atomic E-state index is 4.47. The molecule has 0 atom stereocenters. The maximum Gasteiger partial charge on any atom is 0.124 e. The number of rotatable bonds is 3. The molecule has 2 nitrogen and oxygen atoms in total. The molecule has 90 valence electrons. The zero-order valence-corrected chi connectivity index (χ0v) is 11.4. The summed E-state index contributed by atoms with van der Waals surface area (Å²) in [6, 6.07) is 8.65. The average Bonchev–Trinajstić information content (AvgIpc) is 2.68. The summed E-state index contributed by atoms with van der Waals surface area (Å²) in [4.78, 5) is 5.78. The van der Waals surface area contributed by atoms with Crippen LogP contribution in [0.3, 0.4) is 0 Å². The van der Waals surface area contributed by atoms with Gasteiger partial charge in [-0.3, -0.25) is 4.99 Å². The van der Waals surface area contributed by atoms with Crippen molar-refractivity contribution in [1.29, 1.82) is 0 Å². The number of hydrogen-bond acceptors (Lipinski definition) is 3. The topological polar surface area (TPSA) is 24.4 Å². The Kier molecular flexibility index (Phi) is 3.89. The van der Waals surface area contributed by atoms with Gasteiger partial charge >= 0.3 is 0 Å². The molecule has 0 aromatic heterocycles. The molecule has 0 unspecified atom stereocenters. The Morgan fingerprint density at radius 1 is 1.24 bits per heavy atom. The Morgan fingerprint density at radius 3 is 2.47 bits per heavy atom. The van der Waals surface area contributed by atoms with E-state index in [0.717, 1.165) is 18.9 Å². The van der Waals surface area contributed by atoms with Gasteiger partial charge in [0.2, 0.25) is 0 Å². The molecule has 1 heterocycles. The highest BCUT2D eigenvalue weighted by Gasteiger charge is 2.11. The van der Waals surface area contributed by atoms with E-state index in [0.29, 0.717) is 0 Å². The highest BCUT2D eigenvalue weighted by molar-refractivity contribution is 7.98. The van der Waals surface area contributed by atoms with Gasteiger partial charge in [0, 0.05) is 11.4 Å². The van der Waals surface area contributed by atoms with Gasteiger partial charge in [-0.1, -0.05) is 12.1 Å². The van der Waals surface area contributed by atoms with Gasteiger partial charge in [-0.15, -0.1) is 11.8 Å². The summed E-state index contributed by atoms with van der Waals surface area (Å²) in [6.07, 6.45) is 2.09. The largest absolute Gasteiger partial charge is 0.366 e. The summed E-state index contributed by atoms with van der Waals surface area (Å²) in [6.45, 7) is 5.96. The number of aliphatic imine (C=N–C) groups is 1. The van der Waals surface area contributed by atoms with Crippen LogP contribution in [0.15, 0.2) is 45.3 Å². The van der Waals surface area contributed by atoms with Gasteiger partial charge < -0.3 is 5.32 Å². The van der Waals surface area contributed by atoms with E-state index in [1.54, 1.807) is 11.8 Å². The maximum absolute atomic E-state index is 4.47. The fourth-order valence-corrected chi connectivity index (χ4v) is 2.16. The van der Waals surface area contributed by atoms with Crippen LogP contribution in [0.4, 0.5) is 0 Å². The van der Waals surface area contributed by atoms with Gasteiger partial charge in [-0.2, -0.15) is 0 Å². The van der Waals surface area contributed by atoms with Gasteiger partial charge in [0.25, 0.3) is 0 Å². The molecule has 1 aliphatic heterocycles. The molecule has 0 bridgehead atoms. The summed E-state index contributed by atoms with van der Waals surface area (Å²) in [5.41, 5.74) is 3.96. The molecule has 0 saturated heterocycles. The molecule has 1 N–H and O–H groups in total. The van der Waals surface area contributed by atoms with Crippen LogP contribution in [-0.4, -0.2) is 18.6 Å². The van der Waals surface area contributed by atoms with Crippen molar-refractivity contribution in [3.05, 3.63) is 41.0 Å². The van der Waals surface area contributed by atoms with E-state index in [9.17, 15) is 0 Å². The molecule has 0 saturated carbocycles. The van der Waals surface area contributed by atoms with Gasteiger partial charge in [0.15, 0.2) is 0 Å². The Morgan fingerprint density at radius 2 is 1.94 bits per heavy atom. The van der Waals surface area contributed by atoms with Crippen LogP contribution in [0.2, 0.25) is 0 Å². The van der Waals surface area contributed by atoms with Crippen LogP contribution >= 0.6 is 11.8 Å². The molecule has 0 spiro atoms. The minimum absolute atomic E-state index is 0.845. The summed E-state index contributed by atoms with van der Waals surface area (Å²) in [5, 5.41) is 3.40. The predicted molar refractivity (Wildman–Crippen MR) is 75.7 cm³/mol. The molecule has 1 aromatic carbocycles. The summed E-state index contributed by atoms with van der Waals surface area (Å²) >= 11 is 1.77. The molecule has 2 rings (SSSR count). The zero-order chi connectivity index (χ0) is 12.3. The lowest BCUT2D eigenvalue weighted by Gasteiger charge is -2.08. The summed E-state index contributed by atoms with van der Waals surface area (Å²) in [7, 11) is 0. The van der Waals surface area contributed by atoms with Crippen LogP contribution in [-0.2, 0) is 6.54 Å². The van der Waals surface area contributed by atoms with E-state index in [1.165, 1.54) is 21.6 Å². The normalized spacial score (nSPS) is 15.1. The van der Waals surface area contributed by atoms with E-state index < -0.39 is 0 Å². The first-order valence-corrected chi connectivity index (χ1v) is 7.01. The molecule has 3 heteroatoms. The molecule has 0 radical (unpaired) electrons. The number of hydrogen-bond donors (Lipinski definition) is 1. The van der Waals surface area contributed by atoms with Gasteiger partial charge in [0.05, 0.1) is 6.54 Å².